The van der Waals surface area contributed by atoms with Crippen LogP contribution in [0.1, 0.15) is 44.9 Å². The number of likely N-dealkylation sites (tertiary alicyclic amines) is 1. The molecule has 3 fully saturated rings. The predicted octanol–water partition coefficient (Wildman–Crippen LogP) is 1.47. The van der Waals surface area contributed by atoms with Crippen LogP contribution in [0.15, 0.2) is 0 Å². The maximum atomic E-state index is 11.8. The second kappa shape index (κ2) is 6.23. The Hall–Kier alpha value is -0.650. The maximum Gasteiger partial charge on any atom is 0.323 e. The lowest BCUT2D eigenvalue weighted by Crippen LogP contribution is -2.52. The molecule has 0 radical (unpaired) electrons. The Morgan fingerprint density at radius 1 is 1.29 bits per heavy atom. The van der Waals surface area contributed by atoms with Crippen LogP contribution in [-0.2, 0) is 9.53 Å². The van der Waals surface area contributed by atoms with E-state index < -0.39 is 11.5 Å². The molecule has 0 amide bonds. The number of ether oxygens (including phenoxy) is 1. The van der Waals surface area contributed by atoms with E-state index in [1.807, 2.05) is 0 Å². The highest BCUT2D eigenvalue weighted by molar-refractivity contribution is 5.79. The molecule has 2 atom stereocenters. The van der Waals surface area contributed by atoms with E-state index in [9.17, 15) is 9.90 Å². The van der Waals surface area contributed by atoms with Gasteiger partial charge in [0.15, 0.2) is 0 Å². The number of carboxylic acids is 1. The van der Waals surface area contributed by atoms with Crippen molar-refractivity contribution in [1.82, 2.24) is 10.2 Å². The third-order valence-electron chi connectivity index (χ3n) is 5.52. The summed E-state index contributed by atoms with van der Waals surface area (Å²) in [5.41, 5.74) is -0.658. The van der Waals surface area contributed by atoms with Gasteiger partial charge in [-0.05, 0) is 64.0 Å². The van der Waals surface area contributed by atoms with Crippen LogP contribution in [0.3, 0.4) is 0 Å². The number of carbonyl (C=O) groups is 1. The summed E-state index contributed by atoms with van der Waals surface area (Å²) in [6.45, 7) is 3.05. The van der Waals surface area contributed by atoms with E-state index >= 15 is 0 Å². The smallest absolute Gasteiger partial charge is 0.323 e. The van der Waals surface area contributed by atoms with Crippen LogP contribution in [-0.4, -0.2) is 60.4 Å². The number of rotatable bonds is 6. The van der Waals surface area contributed by atoms with Crippen molar-refractivity contribution in [2.45, 2.75) is 62.6 Å². The van der Waals surface area contributed by atoms with E-state index in [0.29, 0.717) is 18.0 Å². The van der Waals surface area contributed by atoms with Gasteiger partial charge in [-0.2, -0.15) is 0 Å². The number of hydrogen-bond donors (Lipinski definition) is 2. The number of hydrogen-bond acceptors (Lipinski definition) is 4. The fraction of sp³-hybridized carbons (Fsp3) is 0.938. The zero-order valence-electron chi connectivity index (χ0n) is 13.0. The normalized spacial score (nSPS) is 35.2. The number of aliphatic carboxylic acids is 1. The summed E-state index contributed by atoms with van der Waals surface area (Å²) in [4.78, 5) is 14.3. The van der Waals surface area contributed by atoms with Gasteiger partial charge in [-0.1, -0.05) is 0 Å². The van der Waals surface area contributed by atoms with Crippen molar-refractivity contribution in [1.29, 1.82) is 0 Å². The molecule has 1 aliphatic heterocycles. The fourth-order valence-corrected chi connectivity index (χ4v) is 4.06. The average Bonchev–Trinajstić information content (AvgIpc) is 3.17. The quantitative estimate of drug-likeness (QED) is 0.777. The van der Waals surface area contributed by atoms with Crippen LogP contribution in [0.5, 0.6) is 0 Å². The molecule has 0 spiro atoms. The summed E-state index contributed by atoms with van der Waals surface area (Å²) >= 11 is 0. The molecule has 1 heterocycles. The third kappa shape index (κ3) is 3.41. The van der Waals surface area contributed by atoms with Gasteiger partial charge in [0.2, 0.25) is 0 Å². The maximum absolute atomic E-state index is 11.8. The van der Waals surface area contributed by atoms with Gasteiger partial charge in [0.1, 0.15) is 5.54 Å². The van der Waals surface area contributed by atoms with E-state index in [-0.39, 0.29) is 0 Å². The first-order valence-electron chi connectivity index (χ1n) is 8.37. The fourth-order valence-electron chi connectivity index (χ4n) is 4.06. The average molecular weight is 296 g/mol. The first-order chi connectivity index (χ1) is 10.1. The lowest BCUT2D eigenvalue weighted by atomic mass is 9.94. The van der Waals surface area contributed by atoms with Gasteiger partial charge >= 0.3 is 5.97 Å². The van der Waals surface area contributed by atoms with Crippen molar-refractivity contribution in [3.8, 4) is 0 Å². The zero-order valence-corrected chi connectivity index (χ0v) is 13.0. The Kier molecular flexibility index (Phi) is 4.52. The van der Waals surface area contributed by atoms with E-state index in [0.717, 1.165) is 51.8 Å². The summed E-state index contributed by atoms with van der Waals surface area (Å²) in [5.74, 6) is 0.0349. The van der Waals surface area contributed by atoms with Crippen LogP contribution >= 0.6 is 0 Å². The molecule has 0 aromatic carbocycles. The molecular formula is C16H28N2O3. The third-order valence-corrected chi connectivity index (χ3v) is 5.52. The zero-order chi connectivity index (χ0) is 14.9. The van der Waals surface area contributed by atoms with Gasteiger partial charge in [-0.3, -0.25) is 10.1 Å². The number of piperidine rings is 1. The molecule has 120 valence electrons. The minimum atomic E-state index is -0.658. The molecule has 3 aliphatic rings. The minimum absolute atomic E-state index is 0.441. The highest BCUT2D eigenvalue weighted by Gasteiger charge is 2.49. The van der Waals surface area contributed by atoms with Crippen LogP contribution in [0, 0.1) is 5.92 Å². The topological polar surface area (TPSA) is 61.8 Å². The summed E-state index contributed by atoms with van der Waals surface area (Å²) < 4.78 is 5.25. The lowest BCUT2D eigenvalue weighted by Gasteiger charge is -2.36. The van der Waals surface area contributed by atoms with Gasteiger partial charge in [0.05, 0.1) is 0 Å². The van der Waals surface area contributed by atoms with Crippen molar-refractivity contribution in [2.75, 3.05) is 26.8 Å². The molecule has 21 heavy (non-hydrogen) atoms. The number of nitrogens with one attached hydrogen (secondary N) is 1. The Morgan fingerprint density at radius 3 is 2.57 bits per heavy atom. The molecule has 0 aromatic heterocycles. The lowest BCUT2D eigenvalue weighted by molar-refractivity contribution is -0.145. The highest BCUT2D eigenvalue weighted by Crippen LogP contribution is 2.37. The van der Waals surface area contributed by atoms with Crippen LogP contribution in [0.4, 0.5) is 0 Å². The van der Waals surface area contributed by atoms with Gasteiger partial charge in [0.25, 0.3) is 0 Å². The number of methoxy groups -OCH3 is 1. The first-order valence-corrected chi connectivity index (χ1v) is 8.37. The van der Waals surface area contributed by atoms with Crippen LogP contribution in [0.25, 0.3) is 0 Å². The summed E-state index contributed by atoms with van der Waals surface area (Å²) in [6, 6.07) is 0.892. The van der Waals surface area contributed by atoms with Crippen molar-refractivity contribution < 1.29 is 14.6 Å². The largest absolute Gasteiger partial charge is 0.480 e. The Morgan fingerprint density at radius 2 is 2.00 bits per heavy atom. The molecule has 2 aliphatic carbocycles. The standard InChI is InChI=1S/C16H28N2O3/c1-21-11-12-5-8-18(9-6-12)14-4-7-16(10-14,15(19)20)17-13-2-3-13/h12-14,17H,2-11H2,1H3,(H,19,20). The molecule has 2 unspecified atom stereocenters. The molecular weight excluding hydrogens is 268 g/mol. The summed E-state index contributed by atoms with van der Waals surface area (Å²) in [5, 5.41) is 13.1. The van der Waals surface area contributed by atoms with Crippen LogP contribution in [0.2, 0.25) is 0 Å². The SMILES string of the molecule is COCC1CCN(C2CCC(NC3CC3)(C(=O)O)C2)CC1. The summed E-state index contributed by atoms with van der Waals surface area (Å²) in [6.07, 6.45) is 7.21. The first kappa shape index (κ1) is 15.3. The molecule has 2 N–H and O–H groups in total. The second-order valence-corrected chi connectivity index (χ2v) is 7.14. The molecule has 5 heteroatoms. The van der Waals surface area contributed by atoms with Crippen molar-refractivity contribution in [3.05, 3.63) is 0 Å². The molecule has 3 rings (SSSR count). The van der Waals surface area contributed by atoms with Gasteiger partial charge in [-0.15, -0.1) is 0 Å². The molecule has 0 aromatic rings. The van der Waals surface area contributed by atoms with Gasteiger partial charge in [-0.25, -0.2) is 0 Å². The van der Waals surface area contributed by atoms with E-state index in [1.165, 1.54) is 12.8 Å². The molecule has 0 bridgehead atoms. The van der Waals surface area contributed by atoms with Gasteiger partial charge in [0, 0.05) is 25.8 Å². The van der Waals surface area contributed by atoms with Crippen molar-refractivity contribution in [2.24, 2.45) is 5.92 Å². The number of carboxylic acid groups (broad SMARTS) is 1. The monoisotopic (exact) mass is 296 g/mol. The minimum Gasteiger partial charge on any atom is -0.480 e. The molecule has 5 nitrogen and oxygen atoms in total. The predicted molar refractivity (Wildman–Crippen MR) is 80.3 cm³/mol. The van der Waals surface area contributed by atoms with E-state index in [1.54, 1.807) is 7.11 Å². The second-order valence-electron chi connectivity index (χ2n) is 7.14. The Balaban J connectivity index is 1.55. The highest BCUT2D eigenvalue weighted by atomic mass is 16.5. The Labute approximate surface area is 127 Å². The van der Waals surface area contributed by atoms with Crippen molar-refractivity contribution >= 4 is 5.97 Å². The molecule has 1 saturated heterocycles. The number of nitrogens with zero attached hydrogens (tertiary/aromatic N) is 1. The van der Waals surface area contributed by atoms with Gasteiger partial charge < -0.3 is 14.7 Å². The molecule has 2 saturated carbocycles. The van der Waals surface area contributed by atoms with Crippen molar-refractivity contribution in [3.63, 3.8) is 0 Å². The van der Waals surface area contributed by atoms with Crippen LogP contribution < -0.4 is 5.32 Å². The summed E-state index contributed by atoms with van der Waals surface area (Å²) in [7, 11) is 1.77. The van der Waals surface area contributed by atoms with E-state index in [4.69, 9.17) is 4.74 Å². The van der Waals surface area contributed by atoms with E-state index in [2.05, 4.69) is 10.2 Å². The Bertz CT molecular complexity index is 378.